The van der Waals surface area contributed by atoms with Crippen molar-refractivity contribution in [2.75, 3.05) is 19.6 Å². The lowest BCUT2D eigenvalue weighted by Crippen LogP contribution is -2.38. The molecule has 0 amide bonds. The monoisotopic (exact) mass is 306 g/mol. The molecule has 2 heterocycles. The SMILES string of the molecule is CC1C2CNCC2CN1S(=O)(=O)c1ccc2c(c1)CCC2. The van der Waals surface area contributed by atoms with Gasteiger partial charge in [-0.05, 0) is 74.4 Å². The third-order valence-electron chi connectivity index (χ3n) is 5.56. The standard InChI is InChI=1S/C16H22N2O2S/c1-11-16-9-17-8-14(16)10-18(11)21(19,20)15-6-5-12-3-2-4-13(12)7-15/h5-7,11,14,16-17H,2-4,8-10H2,1H3. The molecular formula is C16H22N2O2S. The average molecular weight is 306 g/mol. The molecule has 3 atom stereocenters. The smallest absolute Gasteiger partial charge is 0.243 e. The summed E-state index contributed by atoms with van der Waals surface area (Å²) in [6, 6.07) is 5.83. The largest absolute Gasteiger partial charge is 0.316 e. The maximum atomic E-state index is 13.0. The van der Waals surface area contributed by atoms with Gasteiger partial charge in [0.05, 0.1) is 4.90 Å². The fourth-order valence-corrected chi connectivity index (χ4v) is 6.07. The van der Waals surface area contributed by atoms with Crippen LogP contribution in [0.4, 0.5) is 0 Å². The van der Waals surface area contributed by atoms with Crippen LogP contribution >= 0.6 is 0 Å². The summed E-state index contributed by atoms with van der Waals surface area (Å²) in [4.78, 5) is 0.489. The fourth-order valence-electron chi connectivity index (χ4n) is 4.29. The summed E-state index contributed by atoms with van der Waals surface area (Å²) in [6.45, 7) is 4.62. The maximum absolute atomic E-state index is 13.0. The molecule has 0 bridgehead atoms. The van der Waals surface area contributed by atoms with Crippen molar-refractivity contribution >= 4 is 10.0 Å². The number of hydrogen-bond acceptors (Lipinski definition) is 3. The van der Waals surface area contributed by atoms with Crippen molar-refractivity contribution in [3.63, 3.8) is 0 Å². The van der Waals surface area contributed by atoms with Gasteiger partial charge in [-0.2, -0.15) is 4.31 Å². The number of sulfonamides is 1. The normalized spacial score (nSPS) is 32.3. The predicted molar refractivity (Wildman–Crippen MR) is 81.7 cm³/mol. The lowest BCUT2D eigenvalue weighted by molar-refractivity contribution is 0.360. The van der Waals surface area contributed by atoms with Gasteiger partial charge in [-0.1, -0.05) is 6.07 Å². The first-order chi connectivity index (χ1) is 10.1. The van der Waals surface area contributed by atoms with Gasteiger partial charge < -0.3 is 5.32 Å². The van der Waals surface area contributed by atoms with Crippen molar-refractivity contribution in [3.8, 4) is 0 Å². The molecule has 0 aromatic heterocycles. The zero-order valence-electron chi connectivity index (χ0n) is 12.4. The van der Waals surface area contributed by atoms with Crippen LogP contribution < -0.4 is 5.32 Å². The Balaban J connectivity index is 1.67. The zero-order chi connectivity index (χ0) is 14.6. The van der Waals surface area contributed by atoms with Crippen LogP contribution in [0.15, 0.2) is 23.1 Å². The Hall–Kier alpha value is -0.910. The summed E-state index contributed by atoms with van der Waals surface area (Å²) < 4.78 is 27.7. The highest BCUT2D eigenvalue weighted by molar-refractivity contribution is 7.89. The van der Waals surface area contributed by atoms with Crippen LogP contribution in [0, 0.1) is 11.8 Å². The first-order valence-corrected chi connectivity index (χ1v) is 9.36. The van der Waals surface area contributed by atoms with E-state index in [1.165, 1.54) is 11.1 Å². The Bertz CT molecular complexity index is 671. The van der Waals surface area contributed by atoms with Gasteiger partial charge in [0.2, 0.25) is 10.0 Å². The van der Waals surface area contributed by atoms with E-state index in [1.807, 2.05) is 12.1 Å². The Kier molecular flexibility index (Phi) is 3.14. The number of nitrogens with zero attached hydrogens (tertiary/aromatic N) is 1. The molecule has 5 heteroatoms. The van der Waals surface area contributed by atoms with Crippen molar-refractivity contribution < 1.29 is 8.42 Å². The average Bonchev–Trinajstić information content (AvgIpc) is 3.15. The summed E-state index contributed by atoms with van der Waals surface area (Å²) in [6.07, 6.45) is 3.25. The van der Waals surface area contributed by atoms with E-state index >= 15 is 0 Å². The van der Waals surface area contributed by atoms with Crippen LogP contribution in [-0.2, 0) is 22.9 Å². The molecule has 1 N–H and O–H groups in total. The van der Waals surface area contributed by atoms with Crippen LogP contribution in [0.2, 0.25) is 0 Å². The van der Waals surface area contributed by atoms with Gasteiger partial charge in [0.1, 0.15) is 0 Å². The molecule has 2 saturated heterocycles. The van der Waals surface area contributed by atoms with E-state index in [-0.39, 0.29) is 6.04 Å². The number of benzene rings is 1. The summed E-state index contributed by atoms with van der Waals surface area (Å²) in [5, 5.41) is 3.38. The molecule has 114 valence electrons. The van der Waals surface area contributed by atoms with E-state index in [0.29, 0.717) is 23.3 Å². The molecule has 3 aliphatic rings. The van der Waals surface area contributed by atoms with Crippen molar-refractivity contribution in [3.05, 3.63) is 29.3 Å². The molecule has 2 fully saturated rings. The lowest BCUT2D eigenvalue weighted by atomic mass is 9.95. The highest BCUT2D eigenvalue weighted by Crippen LogP contribution is 2.36. The Morgan fingerprint density at radius 3 is 2.81 bits per heavy atom. The molecular weight excluding hydrogens is 284 g/mol. The van der Waals surface area contributed by atoms with Gasteiger partial charge >= 0.3 is 0 Å². The summed E-state index contributed by atoms with van der Waals surface area (Å²) >= 11 is 0. The molecule has 1 aromatic carbocycles. The van der Waals surface area contributed by atoms with Crippen LogP contribution in [-0.4, -0.2) is 38.4 Å². The zero-order valence-corrected chi connectivity index (χ0v) is 13.2. The number of rotatable bonds is 2. The fraction of sp³-hybridized carbons (Fsp3) is 0.625. The van der Waals surface area contributed by atoms with Crippen molar-refractivity contribution in [2.45, 2.75) is 37.1 Å². The summed E-state index contributed by atoms with van der Waals surface area (Å²) in [5.41, 5.74) is 2.55. The minimum Gasteiger partial charge on any atom is -0.316 e. The van der Waals surface area contributed by atoms with Gasteiger partial charge in [0.15, 0.2) is 0 Å². The number of fused-ring (bicyclic) bond motifs is 2. The van der Waals surface area contributed by atoms with E-state index in [9.17, 15) is 8.42 Å². The van der Waals surface area contributed by atoms with E-state index in [2.05, 4.69) is 12.2 Å². The molecule has 0 radical (unpaired) electrons. The van der Waals surface area contributed by atoms with Crippen molar-refractivity contribution in [1.29, 1.82) is 0 Å². The second-order valence-electron chi connectivity index (χ2n) is 6.68. The van der Waals surface area contributed by atoms with Gasteiger partial charge in [-0.3, -0.25) is 0 Å². The van der Waals surface area contributed by atoms with Crippen molar-refractivity contribution in [2.24, 2.45) is 11.8 Å². The minimum atomic E-state index is -3.35. The second kappa shape index (κ2) is 4.80. The van der Waals surface area contributed by atoms with Crippen LogP contribution in [0.5, 0.6) is 0 Å². The summed E-state index contributed by atoms with van der Waals surface area (Å²) in [7, 11) is -3.35. The highest BCUT2D eigenvalue weighted by atomic mass is 32.2. The van der Waals surface area contributed by atoms with Crippen LogP contribution in [0.1, 0.15) is 24.5 Å². The first-order valence-electron chi connectivity index (χ1n) is 7.92. The Labute approximate surface area is 126 Å². The molecule has 1 aromatic rings. The van der Waals surface area contributed by atoms with E-state index in [4.69, 9.17) is 0 Å². The molecule has 0 spiro atoms. The van der Waals surface area contributed by atoms with Crippen molar-refractivity contribution in [1.82, 2.24) is 9.62 Å². The summed E-state index contributed by atoms with van der Waals surface area (Å²) in [5.74, 6) is 0.943. The number of hydrogen-bond donors (Lipinski definition) is 1. The van der Waals surface area contributed by atoms with Crippen LogP contribution in [0.25, 0.3) is 0 Å². The third-order valence-corrected chi connectivity index (χ3v) is 7.51. The van der Waals surface area contributed by atoms with Gasteiger partial charge in [0.25, 0.3) is 0 Å². The quantitative estimate of drug-likeness (QED) is 0.898. The number of aryl methyl sites for hydroxylation is 2. The second-order valence-corrected chi connectivity index (χ2v) is 8.57. The third kappa shape index (κ3) is 2.05. The Morgan fingerprint density at radius 2 is 2.00 bits per heavy atom. The van der Waals surface area contributed by atoms with Gasteiger partial charge in [0, 0.05) is 12.6 Å². The molecule has 1 aliphatic carbocycles. The molecule has 4 rings (SSSR count). The van der Waals surface area contributed by atoms with Gasteiger partial charge in [-0.15, -0.1) is 0 Å². The topological polar surface area (TPSA) is 49.4 Å². The van der Waals surface area contributed by atoms with Gasteiger partial charge in [-0.25, -0.2) is 8.42 Å². The van der Waals surface area contributed by atoms with E-state index in [1.54, 1.807) is 10.4 Å². The number of nitrogens with one attached hydrogen (secondary N) is 1. The molecule has 21 heavy (non-hydrogen) atoms. The molecule has 3 unspecified atom stereocenters. The molecule has 4 nitrogen and oxygen atoms in total. The highest BCUT2D eigenvalue weighted by Gasteiger charge is 2.46. The van der Waals surface area contributed by atoms with E-state index < -0.39 is 10.0 Å². The molecule has 2 aliphatic heterocycles. The molecule has 0 saturated carbocycles. The maximum Gasteiger partial charge on any atom is 0.243 e. The first kappa shape index (κ1) is 13.7. The lowest BCUT2D eigenvalue weighted by Gasteiger charge is -2.24. The van der Waals surface area contributed by atoms with E-state index in [0.717, 1.165) is 32.4 Å². The predicted octanol–water partition coefficient (Wildman–Crippen LogP) is 1.40. The Morgan fingerprint density at radius 1 is 1.19 bits per heavy atom. The minimum absolute atomic E-state index is 0.100. The van der Waals surface area contributed by atoms with Crippen LogP contribution in [0.3, 0.4) is 0 Å².